The minimum absolute atomic E-state index is 0.0524. The summed E-state index contributed by atoms with van der Waals surface area (Å²) in [5.41, 5.74) is 0.421. The summed E-state index contributed by atoms with van der Waals surface area (Å²) in [6.45, 7) is 6.30. The topological polar surface area (TPSA) is 79.2 Å². The number of H-pyrrole nitrogens is 1. The number of aromatic nitrogens is 2. The molecule has 1 fully saturated rings. The number of hydrogen-bond acceptors (Lipinski definition) is 4. The summed E-state index contributed by atoms with van der Waals surface area (Å²) < 4.78 is 5.83. The van der Waals surface area contributed by atoms with Crippen molar-refractivity contribution in [2.75, 3.05) is 0 Å². The third kappa shape index (κ3) is 4.16. The Bertz CT molecular complexity index is 1130. The molecule has 0 saturated heterocycles. The molecule has 0 spiro atoms. The van der Waals surface area contributed by atoms with Crippen LogP contribution in [0.2, 0.25) is 0 Å². The quantitative estimate of drug-likeness (QED) is 0.642. The summed E-state index contributed by atoms with van der Waals surface area (Å²) in [4.78, 5) is 34.0. The van der Waals surface area contributed by atoms with Crippen LogP contribution in [-0.4, -0.2) is 26.8 Å². The summed E-state index contributed by atoms with van der Waals surface area (Å²) in [7, 11) is 0. The Balaban J connectivity index is 1.50. The van der Waals surface area contributed by atoms with Gasteiger partial charge in [-0.15, -0.1) is 0 Å². The monoisotopic (exact) mass is 391 g/mol. The van der Waals surface area contributed by atoms with Gasteiger partial charge < -0.3 is 14.3 Å². The zero-order valence-corrected chi connectivity index (χ0v) is 16.9. The first-order valence-corrected chi connectivity index (χ1v) is 9.98. The molecule has 1 aliphatic carbocycles. The highest BCUT2D eigenvalue weighted by Gasteiger charge is 2.36. The van der Waals surface area contributed by atoms with E-state index in [1.165, 1.54) is 6.08 Å². The molecule has 1 saturated carbocycles. The van der Waals surface area contributed by atoms with Gasteiger partial charge >= 0.3 is 0 Å². The molecule has 6 nitrogen and oxygen atoms in total. The van der Waals surface area contributed by atoms with Crippen LogP contribution in [-0.2, 0) is 11.3 Å². The lowest BCUT2D eigenvalue weighted by Gasteiger charge is -2.25. The van der Waals surface area contributed by atoms with Gasteiger partial charge in [0.05, 0.1) is 17.4 Å². The fraction of sp³-hybridized carbons (Fsp3) is 0.348. The molecule has 2 aromatic heterocycles. The number of benzene rings is 1. The maximum atomic E-state index is 12.8. The van der Waals surface area contributed by atoms with E-state index >= 15 is 0 Å². The molecule has 0 radical (unpaired) electrons. The first kappa shape index (κ1) is 19.2. The molecular weight excluding hydrogens is 366 g/mol. The van der Waals surface area contributed by atoms with Crippen molar-refractivity contribution in [3.8, 4) is 0 Å². The van der Waals surface area contributed by atoms with E-state index in [0.717, 1.165) is 12.2 Å². The number of carbonyl (C=O) groups excluding carboxylic acids is 1. The fourth-order valence-electron chi connectivity index (χ4n) is 3.51. The number of furan rings is 1. The molecule has 6 heteroatoms. The zero-order valence-electron chi connectivity index (χ0n) is 16.9. The molecule has 1 aromatic carbocycles. The fourth-order valence-corrected chi connectivity index (χ4v) is 3.51. The second-order valence-electron chi connectivity index (χ2n) is 7.98. The van der Waals surface area contributed by atoms with Gasteiger partial charge in [-0.05, 0) is 56.5 Å². The van der Waals surface area contributed by atoms with E-state index in [0.29, 0.717) is 34.3 Å². The van der Waals surface area contributed by atoms with E-state index in [1.54, 1.807) is 29.2 Å². The smallest absolute Gasteiger partial charge is 0.258 e. The van der Waals surface area contributed by atoms with Crippen molar-refractivity contribution in [3.63, 3.8) is 0 Å². The number of para-hydroxylation sites is 1. The molecule has 29 heavy (non-hydrogen) atoms. The van der Waals surface area contributed by atoms with Crippen LogP contribution in [0.15, 0.2) is 51.7 Å². The summed E-state index contributed by atoms with van der Waals surface area (Å²) in [6.07, 6.45) is 4.37. The number of aromatic amines is 1. The summed E-state index contributed by atoms with van der Waals surface area (Å²) in [5.74, 6) is 3.15. The number of hydrogen-bond donors (Lipinski definition) is 1. The van der Waals surface area contributed by atoms with Crippen LogP contribution in [0.1, 0.15) is 50.5 Å². The molecule has 1 amide bonds. The number of amides is 1. The van der Waals surface area contributed by atoms with E-state index in [-0.39, 0.29) is 24.1 Å². The number of rotatable bonds is 6. The van der Waals surface area contributed by atoms with Gasteiger partial charge in [0.25, 0.3) is 5.56 Å². The minimum atomic E-state index is -0.199. The average molecular weight is 391 g/mol. The van der Waals surface area contributed by atoms with Crippen LogP contribution in [0.4, 0.5) is 0 Å². The maximum absolute atomic E-state index is 12.8. The van der Waals surface area contributed by atoms with Gasteiger partial charge in [-0.2, -0.15) is 0 Å². The van der Waals surface area contributed by atoms with Crippen molar-refractivity contribution in [1.29, 1.82) is 0 Å². The van der Waals surface area contributed by atoms with Gasteiger partial charge in [-0.25, -0.2) is 4.98 Å². The van der Waals surface area contributed by atoms with Gasteiger partial charge in [0.1, 0.15) is 17.3 Å². The average Bonchev–Trinajstić information content (AvgIpc) is 3.24. The Morgan fingerprint density at radius 2 is 2.07 bits per heavy atom. The molecule has 2 unspecified atom stereocenters. The predicted octanol–water partition coefficient (Wildman–Crippen LogP) is 4.09. The third-order valence-corrected chi connectivity index (χ3v) is 5.40. The van der Waals surface area contributed by atoms with Crippen LogP contribution in [0.3, 0.4) is 0 Å². The van der Waals surface area contributed by atoms with Crippen molar-refractivity contribution >= 4 is 22.9 Å². The number of carbonyl (C=O) groups is 1. The highest BCUT2D eigenvalue weighted by molar-refractivity contribution is 5.91. The molecule has 150 valence electrons. The molecule has 2 heterocycles. The Hall–Kier alpha value is -3.15. The van der Waals surface area contributed by atoms with Crippen LogP contribution < -0.4 is 5.56 Å². The Morgan fingerprint density at radius 3 is 2.79 bits per heavy atom. The molecule has 4 rings (SSSR count). The molecule has 0 aliphatic heterocycles. The molecule has 3 aromatic rings. The van der Waals surface area contributed by atoms with Crippen molar-refractivity contribution in [1.82, 2.24) is 14.9 Å². The van der Waals surface area contributed by atoms with Crippen molar-refractivity contribution in [2.24, 2.45) is 5.92 Å². The number of fused-ring (bicyclic) bond motifs is 1. The van der Waals surface area contributed by atoms with Crippen molar-refractivity contribution in [3.05, 3.63) is 70.2 Å². The maximum Gasteiger partial charge on any atom is 0.258 e. The first-order valence-electron chi connectivity index (χ1n) is 9.98. The second-order valence-corrected chi connectivity index (χ2v) is 7.98. The number of nitrogens with zero attached hydrogens (tertiary/aromatic N) is 2. The van der Waals surface area contributed by atoms with Crippen molar-refractivity contribution in [2.45, 2.75) is 45.7 Å². The molecule has 1 N–H and O–H groups in total. The van der Waals surface area contributed by atoms with Gasteiger partial charge in [0.2, 0.25) is 5.91 Å². The van der Waals surface area contributed by atoms with Crippen LogP contribution in [0.5, 0.6) is 0 Å². The zero-order chi connectivity index (χ0) is 20.5. The predicted molar refractivity (Wildman–Crippen MR) is 112 cm³/mol. The Kier molecular flexibility index (Phi) is 5.09. The summed E-state index contributed by atoms with van der Waals surface area (Å²) >= 11 is 0. The van der Waals surface area contributed by atoms with Crippen LogP contribution >= 0.6 is 0 Å². The Morgan fingerprint density at radius 1 is 1.31 bits per heavy atom. The van der Waals surface area contributed by atoms with Crippen molar-refractivity contribution < 1.29 is 9.21 Å². The van der Waals surface area contributed by atoms with E-state index in [4.69, 9.17) is 4.42 Å². The van der Waals surface area contributed by atoms with Crippen LogP contribution in [0.25, 0.3) is 17.0 Å². The van der Waals surface area contributed by atoms with E-state index in [1.807, 2.05) is 32.0 Å². The van der Waals surface area contributed by atoms with Crippen LogP contribution in [0, 0.1) is 5.92 Å². The van der Waals surface area contributed by atoms with E-state index in [9.17, 15) is 9.59 Å². The normalized spacial score (nSPS) is 18.6. The third-order valence-electron chi connectivity index (χ3n) is 5.40. The molecular formula is C23H25N3O3. The largest absolute Gasteiger partial charge is 0.461 e. The molecule has 0 bridgehead atoms. The highest BCUT2D eigenvalue weighted by Crippen LogP contribution is 2.47. The lowest BCUT2D eigenvalue weighted by atomic mass is 10.2. The SMILES string of the molecule is CC1CC1c1ccc(/C=C/C(=O)N(Cc2nc3ccccc3c(=O)[nH]2)C(C)C)o1. The summed E-state index contributed by atoms with van der Waals surface area (Å²) in [6, 6.07) is 11.0. The van der Waals surface area contributed by atoms with E-state index < -0.39 is 0 Å². The van der Waals surface area contributed by atoms with Gasteiger partial charge in [0.15, 0.2) is 0 Å². The van der Waals surface area contributed by atoms with E-state index in [2.05, 4.69) is 16.9 Å². The first-order chi connectivity index (χ1) is 13.9. The minimum Gasteiger partial charge on any atom is -0.461 e. The lowest BCUT2D eigenvalue weighted by Crippen LogP contribution is -2.36. The second kappa shape index (κ2) is 7.70. The lowest BCUT2D eigenvalue weighted by molar-refractivity contribution is -0.128. The van der Waals surface area contributed by atoms with Gasteiger partial charge in [-0.3, -0.25) is 9.59 Å². The van der Waals surface area contributed by atoms with Gasteiger partial charge in [0, 0.05) is 18.0 Å². The Labute approximate surface area is 169 Å². The standard InChI is InChI=1S/C23H25N3O3/c1-14(2)26(13-21-24-19-7-5-4-6-17(19)23(28)25-21)22(27)11-9-16-8-10-20(29-16)18-12-15(18)3/h4-11,14-15,18H,12-13H2,1-3H3,(H,24,25,28)/b11-9+. The molecule has 1 aliphatic rings. The van der Waals surface area contributed by atoms with Gasteiger partial charge in [-0.1, -0.05) is 19.1 Å². The molecule has 2 atom stereocenters. The highest BCUT2D eigenvalue weighted by atomic mass is 16.3. The summed E-state index contributed by atoms with van der Waals surface area (Å²) in [5, 5.41) is 0.539. The number of nitrogens with one attached hydrogen (secondary N) is 1.